The fourth-order valence-electron chi connectivity index (χ4n) is 3.15. The molecule has 1 aromatic heterocycles. The highest BCUT2D eigenvalue weighted by Gasteiger charge is 2.15. The lowest BCUT2D eigenvalue weighted by Gasteiger charge is -2.15. The first-order valence-corrected chi connectivity index (χ1v) is 9.68. The van der Waals surface area contributed by atoms with E-state index in [2.05, 4.69) is 83.8 Å². The fourth-order valence-corrected chi connectivity index (χ4v) is 3.15. The third-order valence-electron chi connectivity index (χ3n) is 4.43. The van der Waals surface area contributed by atoms with E-state index < -0.39 is 0 Å². The molecule has 0 unspecified atom stereocenters. The molecule has 0 fully saturated rings. The van der Waals surface area contributed by atoms with Crippen molar-refractivity contribution in [2.45, 2.75) is 34.1 Å². The van der Waals surface area contributed by atoms with Crippen LogP contribution in [0.5, 0.6) is 0 Å². The highest BCUT2D eigenvalue weighted by Crippen LogP contribution is 2.28. The summed E-state index contributed by atoms with van der Waals surface area (Å²) in [6.07, 6.45) is 11.5. The maximum Gasteiger partial charge on any atom is 0.145 e. The summed E-state index contributed by atoms with van der Waals surface area (Å²) in [6.45, 7) is 8.33. The van der Waals surface area contributed by atoms with Crippen LogP contribution in [0.2, 0.25) is 0 Å². The second-order valence-corrected chi connectivity index (χ2v) is 7.09. The zero-order valence-electron chi connectivity index (χ0n) is 18.2. The molecule has 0 spiro atoms. The number of hydrogen-bond acceptors (Lipinski definition) is 2. The van der Waals surface area contributed by atoms with E-state index in [1.54, 1.807) is 0 Å². The topological polar surface area (TPSA) is 33.4 Å². The van der Waals surface area contributed by atoms with E-state index in [1.807, 2.05) is 34.1 Å². The lowest BCUT2D eigenvalue weighted by atomic mass is 10.1. The van der Waals surface area contributed by atoms with Gasteiger partial charge in [0.25, 0.3) is 0 Å². The Hall–Kier alpha value is -2.88. The largest absolute Gasteiger partial charge is 0.366 e. The molecule has 0 aliphatic heterocycles. The summed E-state index contributed by atoms with van der Waals surface area (Å²) < 4.78 is 2.24. The maximum atomic E-state index is 4.99. The molecule has 0 aliphatic rings. The number of amidine groups is 1. The van der Waals surface area contributed by atoms with E-state index in [0.29, 0.717) is 0 Å². The van der Waals surface area contributed by atoms with Crippen LogP contribution in [0.4, 0.5) is 0 Å². The lowest BCUT2D eigenvalue weighted by molar-refractivity contribution is 0.610. The van der Waals surface area contributed by atoms with Gasteiger partial charge in [0, 0.05) is 38.8 Å². The molecule has 0 N–H and O–H groups in total. The molecule has 28 heavy (non-hydrogen) atoms. The van der Waals surface area contributed by atoms with Gasteiger partial charge in [-0.3, -0.25) is 9.56 Å². The summed E-state index contributed by atoms with van der Waals surface area (Å²) in [5.41, 5.74) is 5.54. The Morgan fingerprint density at radius 1 is 1.18 bits per heavy atom. The van der Waals surface area contributed by atoms with Crippen LogP contribution in [0.25, 0.3) is 22.3 Å². The molecule has 148 valence electrons. The first-order chi connectivity index (χ1) is 13.4. The van der Waals surface area contributed by atoms with Crippen LogP contribution in [0.15, 0.2) is 65.2 Å². The monoisotopic (exact) mass is 376 g/mol. The van der Waals surface area contributed by atoms with Gasteiger partial charge in [-0.1, -0.05) is 42.0 Å². The maximum absolute atomic E-state index is 4.99. The minimum Gasteiger partial charge on any atom is -0.366 e. The van der Waals surface area contributed by atoms with Crippen molar-refractivity contribution in [3.05, 3.63) is 66.0 Å². The van der Waals surface area contributed by atoms with Gasteiger partial charge in [-0.05, 0) is 45.9 Å². The molecule has 1 heterocycles. The predicted molar refractivity (Wildman–Crippen MR) is 124 cm³/mol. The molecule has 0 saturated heterocycles. The second-order valence-electron chi connectivity index (χ2n) is 7.09. The van der Waals surface area contributed by atoms with Crippen molar-refractivity contribution in [2.24, 2.45) is 4.99 Å². The second kappa shape index (κ2) is 9.88. The number of benzene rings is 1. The van der Waals surface area contributed by atoms with Crippen LogP contribution in [0, 0.1) is 0 Å². The molecular formula is C24H32N4. The van der Waals surface area contributed by atoms with Crippen molar-refractivity contribution in [2.75, 3.05) is 21.1 Å². The average Bonchev–Trinajstić information content (AvgIpc) is 3.04. The van der Waals surface area contributed by atoms with Crippen LogP contribution in [0.1, 0.15) is 39.9 Å². The molecule has 0 saturated carbocycles. The zero-order valence-corrected chi connectivity index (χ0v) is 18.2. The van der Waals surface area contributed by atoms with E-state index in [9.17, 15) is 0 Å². The van der Waals surface area contributed by atoms with Crippen molar-refractivity contribution in [3.63, 3.8) is 0 Å². The molecular weight excluding hydrogens is 344 g/mol. The number of aliphatic imine (C=N–C) groups is 1. The van der Waals surface area contributed by atoms with Crippen molar-refractivity contribution in [3.8, 4) is 0 Å². The number of aromatic nitrogens is 2. The van der Waals surface area contributed by atoms with E-state index in [-0.39, 0.29) is 0 Å². The summed E-state index contributed by atoms with van der Waals surface area (Å²) in [7, 11) is 5.88. The third kappa shape index (κ3) is 4.89. The van der Waals surface area contributed by atoms with Gasteiger partial charge < -0.3 is 4.90 Å². The Balaban J connectivity index is 2.74. The Labute approximate surface area is 169 Å². The van der Waals surface area contributed by atoms with Gasteiger partial charge in [0.1, 0.15) is 11.7 Å². The Morgan fingerprint density at radius 3 is 2.46 bits per heavy atom. The minimum absolute atomic E-state index is 0.751. The number of imidazole rings is 1. The van der Waals surface area contributed by atoms with Gasteiger partial charge >= 0.3 is 0 Å². The molecule has 1 aromatic carbocycles. The first-order valence-electron chi connectivity index (χ1n) is 9.68. The molecule has 4 heteroatoms. The van der Waals surface area contributed by atoms with Crippen LogP contribution in [-0.2, 0) is 0 Å². The van der Waals surface area contributed by atoms with Crippen molar-refractivity contribution < 1.29 is 0 Å². The predicted octanol–water partition coefficient (Wildman–Crippen LogP) is 5.80. The van der Waals surface area contributed by atoms with Gasteiger partial charge in [-0.25, -0.2) is 4.98 Å². The molecule has 4 nitrogen and oxygen atoms in total. The van der Waals surface area contributed by atoms with Gasteiger partial charge in [-0.2, -0.15) is 0 Å². The van der Waals surface area contributed by atoms with E-state index in [0.717, 1.165) is 40.4 Å². The summed E-state index contributed by atoms with van der Waals surface area (Å²) in [5.74, 6) is 1.98. The van der Waals surface area contributed by atoms with E-state index >= 15 is 0 Å². The van der Waals surface area contributed by atoms with Crippen LogP contribution in [0.3, 0.4) is 0 Å². The minimum atomic E-state index is 0.751. The van der Waals surface area contributed by atoms with E-state index in [4.69, 9.17) is 4.98 Å². The zero-order chi connectivity index (χ0) is 20.7. The highest BCUT2D eigenvalue weighted by molar-refractivity contribution is 5.89. The molecule has 0 amide bonds. The number of allylic oxidation sites excluding steroid dienone is 7. The summed E-state index contributed by atoms with van der Waals surface area (Å²) in [4.78, 5) is 11.4. The number of fused-ring (bicyclic) bond motifs is 1. The summed E-state index contributed by atoms with van der Waals surface area (Å²) >= 11 is 0. The standard InChI is InChI=1S/C24H32N4/c1-8-12-20(9-2)28-22-14-11-10-13-21(22)26-24(28)19(17-18(3)4)15-16-23(25-5)27(6)7/h8-15,17H,16H2,1-7H3/b12-8-,19-15+,20-9+,25-23-. The van der Waals surface area contributed by atoms with Crippen molar-refractivity contribution >= 4 is 28.1 Å². The van der Waals surface area contributed by atoms with Crippen molar-refractivity contribution in [1.29, 1.82) is 0 Å². The Kier molecular flexibility index (Phi) is 7.56. The summed E-state index contributed by atoms with van der Waals surface area (Å²) in [6, 6.07) is 8.28. The van der Waals surface area contributed by atoms with E-state index in [1.165, 1.54) is 5.57 Å². The smallest absolute Gasteiger partial charge is 0.145 e. The van der Waals surface area contributed by atoms with Gasteiger partial charge in [0.05, 0.1) is 11.0 Å². The quantitative estimate of drug-likeness (QED) is 0.362. The molecule has 2 rings (SSSR count). The van der Waals surface area contributed by atoms with Gasteiger partial charge in [0.2, 0.25) is 0 Å². The SMILES string of the molecule is C/C=C\C(=C/C)n1c(/C(C=C(C)C)=C/C/C(=N/C)N(C)C)nc2ccccc21. The van der Waals surface area contributed by atoms with Crippen molar-refractivity contribution in [1.82, 2.24) is 14.5 Å². The Bertz CT molecular complexity index is 962. The Morgan fingerprint density at radius 2 is 1.89 bits per heavy atom. The molecule has 0 radical (unpaired) electrons. The fraction of sp³-hybridized carbons (Fsp3) is 0.333. The van der Waals surface area contributed by atoms with Crippen LogP contribution in [-0.4, -0.2) is 41.4 Å². The number of rotatable bonds is 6. The third-order valence-corrected chi connectivity index (χ3v) is 4.43. The molecule has 0 atom stereocenters. The first kappa shape index (κ1) is 21.4. The highest BCUT2D eigenvalue weighted by atomic mass is 15.1. The number of para-hydroxylation sites is 2. The summed E-state index contributed by atoms with van der Waals surface area (Å²) in [5, 5.41) is 0. The number of nitrogens with zero attached hydrogens (tertiary/aromatic N) is 4. The normalized spacial score (nSPS) is 13.5. The van der Waals surface area contributed by atoms with Crippen LogP contribution >= 0.6 is 0 Å². The lowest BCUT2D eigenvalue weighted by Crippen LogP contribution is -2.21. The molecule has 2 aromatic rings. The molecule has 0 bridgehead atoms. The average molecular weight is 377 g/mol. The molecule has 0 aliphatic carbocycles. The van der Waals surface area contributed by atoms with Crippen LogP contribution < -0.4 is 0 Å². The number of hydrogen-bond donors (Lipinski definition) is 0. The van der Waals surface area contributed by atoms with Gasteiger partial charge in [0.15, 0.2) is 0 Å². The van der Waals surface area contributed by atoms with Gasteiger partial charge in [-0.15, -0.1) is 0 Å².